The number of aryl methyl sites for hydroxylation is 2. The molecule has 0 saturated heterocycles. The van der Waals surface area contributed by atoms with Gasteiger partial charge in [0.1, 0.15) is 5.75 Å². The number of benzene rings is 1. The average molecular weight is 391 g/mol. The van der Waals surface area contributed by atoms with Crippen molar-refractivity contribution in [2.24, 2.45) is 5.92 Å². The fraction of sp³-hybridized carbons (Fsp3) is 0.524. The molecule has 27 heavy (non-hydrogen) atoms. The number of hydrogen-bond donors (Lipinski definition) is 1. The Hall–Kier alpha value is -2.01. The van der Waals surface area contributed by atoms with Gasteiger partial charge in [0.25, 0.3) is 0 Å². The summed E-state index contributed by atoms with van der Waals surface area (Å²) in [4.78, 5) is 10.8. The van der Waals surface area contributed by atoms with Gasteiger partial charge >= 0.3 is 5.97 Å². The Kier molecular flexibility index (Phi) is 6.78. The maximum atomic E-state index is 10.8. The van der Waals surface area contributed by atoms with Gasteiger partial charge in [-0.05, 0) is 43.5 Å². The molecular formula is C21H27ClN2O3. The van der Waals surface area contributed by atoms with Crippen molar-refractivity contribution >= 4 is 17.6 Å². The van der Waals surface area contributed by atoms with E-state index in [1.807, 2.05) is 35.9 Å². The maximum absolute atomic E-state index is 10.8. The standard InChI is InChI=1S/C21H27ClN2O3/c1-15-12-19(7-9-21(25)26)23-24(15)14-17-13-18(22)6-8-20(17)27-11-10-16-4-2-3-5-16/h6,8,12-13,16H,2-5,7,9-11,14H2,1H3,(H,25,26). The number of hydrogen-bond acceptors (Lipinski definition) is 3. The number of rotatable bonds is 9. The molecule has 1 saturated carbocycles. The number of halogens is 1. The third-order valence-corrected chi connectivity index (χ3v) is 5.46. The zero-order valence-electron chi connectivity index (χ0n) is 15.8. The van der Waals surface area contributed by atoms with Crippen molar-refractivity contribution in [3.8, 4) is 5.75 Å². The van der Waals surface area contributed by atoms with Crippen LogP contribution in [0.3, 0.4) is 0 Å². The maximum Gasteiger partial charge on any atom is 0.303 e. The molecule has 1 fully saturated rings. The van der Waals surface area contributed by atoms with Crippen LogP contribution in [0.2, 0.25) is 5.02 Å². The first kappa shape index (κ1) is 19.7. The molecule has 0 amide bonds. The third-order valence-electron chi connectivity index (χ3n) is 5.23. The summed E-state index contributed by atoms with van der Waals surface area (Å²) in [6.07, 6.45) is 6.96. The molecule has 0 aliphatic heterocycles. The minimum atomic E-state index is -0.810. The summed E-state index contributed by atoms with van der Waals surface area (Å²) in [7, 11) is 0. The fourth-order valence-electron chi connectivity index (χ4n) is 3.70. The first-order valence-corrected chi connectivity index (χ1v) is 10.1. The van der Waals surface area contributed by atoms with E-state index in [0.717, 1.165) is 41.6 Å². The second-order valence-electron chi connectivity index (χ2n) is 7.37. The second kappa shape index (κ2) is 9.27. The number of aromatic nitrogens is 2. The number of aliphatic carboxylic acids is 1. The minimum absolute atomic E-state index is 0.0865. The van der Waals surface area contributed by atoms with Crippen LogP contribution >= 0.6 is 11.6 Å². The van der Waals surface area contributed by atoms with Gasteiger partial charge in [0, 0.05) is 22.7 Å². The van der Waals surface area contributed by atoms with E-state index in [1.54, 1.807) is 0 Å². The summed E-state index contributed by atoms with van der Waals surface area (Å²) in [5.41, 5.74) is 2.78. The van der Waals surface area contributed by atoms with Gasteiger partial charge in [-0.2, -0.15) is 5.10 Å². The molecule has 1 aliphatic rings. The van der Waals surface area contributed by atoms with E-state index in [9.17, 15) is 4.79 Å². The van der Waals surface area contributed by atoms with Crippen molar-refractivity contribution in [2.75, 3.05) is 6.61 Å². The number of nitrogens with zero attached hydrogens (tertiary/aromatic N) is 2. The molecule has 0 bridgehead atoms. The van der Waals surface area contributed by atoms with E-state index in [0.29, 0.717) is 18.0 Å². The molecule has 0 atom stereocenters. The highest BCUT2D eigenvalue weighted by molar-refractivity contribution is 6.30. The van der Waals surface area contributed by atoms with Crippen LogP contribution in [0.5, 0.6) is 5.75 Å². The van der Waals surface area contributed by atoms with Crippen LogP contribution in [-0.4, -0.2) is 27.5 Å². The van der Waals surface area contributed by atoms with Crippen LogP contribution in [0, 0.1) is 12.8 Å². The predicted octanol–water partition coefficient (Wildman–Crippen LogP) is 4.87. The van der Waals surface area contributed by atoms with E-state index in [4.69, 9.17) is 21.4 Å². The monoisotopic (exact) mass is 390 g/mol. The molecule has 1 aromatic heterocycles. The van der Waals surface area contributed by atoms with Crippen LogP contribution < -0.4 is 4.74 Å². The molecule has 6 heteroatoms. The van der Waals surface area contributed by atoms with Gasteiger partial charge in [-0.15, -0.1) is 0 Å². The normalized spacial score (nSPS) is 14.6. The Morgan fingerprint density at radius 3 is 2.85 bits per heavy atom. The molecule has 1 aromatic carbocycles. The lowest BCUT2D eigenvalue weighted by Crippen LogP contribution is -2.09. The number of ether oxygens (including phenoxy) is 1. The Morgan fingerprint density at radius 2 is 2.11 bits per heavy atom. The highest BCUT2D eigenvalue weighted by Gasteiger charge is 2.15. The Bertz CT molecular complexity index is 782. The van der Waals surface area contributed by atoms with Crippen molar-refractivity contribution in [3.05, 3.63) is 46.2 Å². The summed E-state index contributed by atoms with van der Waals surface area (Å²) in [6.45, 7) is 3.25. The number of carbonyl (C=O) groups is 1. The molecule has 5 nitrogen and oxygen atoms in total. The molecule has 0 unspecified atom stereocenters. The molecule has 1 heterocycles. The highest BCUT2D eigenvalue weighted by Crippen LogP contribution is 2.29. The fourth-order valence-corrected chi connectivity index (χ4v) is 3.90. The molecule has 3 rings (SSSR count). The topological polar surface area (TPSA) is 64.3 Å². The van der Waals surface area contributed by atoms with Gasteiger partial charge in [-0.25, -0.2) is 0 Å². The van der Waals surface area contributed by atoms with Gasteiger partial charge < -0.3 is 9.84 Å². The van der Waals surface area contributed by atoms with Crippen LogP contribution in [0.4, 0.5) is 0 Å². The zero-order chi connectivity index (χ0) is 19.2. The van der Waals surface area contributed by atoms with E-state index in [1.165, 1.54) is 25.7 Å². The molecule has 1 N–H and O–H groups in total. The lowest BCUT2D eigenvalue weighted by Gasteiger charge is -2.15. The summed E-state index contributed by atoms with van der Waals surface area (Å²) in [5, 5.41) is 14.1. The van der Waals surface area contributed by atoms with Crippen molar-refractivity contribution in [3.63, 3.8) is 0 Å². The van der Waals surface area contributed by atoms with Crippen LogP contribution in [0.1, 0.15) is 55.5 Å². The minimum Gasteiger partial charge on any atom is -0.493 e. The van der Waals surface area contributed by atoms with E-state index in [-0.39, 0.29) is 6.42 Å². The Morgan fingerprint density at radius 1 is 1.33 bits per heavy atom. The van der Waals surface area contributed by atoms with Crippen LogP contribution in [0.25, 0.3) is 0 Å². The van der Waals surface area contributed by atoms with Gasteiger partial charge in [0.15, 0.2) is 0 Å². The van der Waals surface area contributed by atoms with Crippen molar-refractivity contribution in [1.82, 2.24) is 9.78 Å². The molecule has 2 aromatic rings. The first-order valence-electron chi connectivity index (χ1n) is 9.67. The SMILES string of the molecule is Cc1cc(CCC(=O)O)nn1Cc1cc(Cl)ccc1OCCC1CCCC1. The van der Waals surface area contributed by atoms with Gasteiger partial charge in [0.2, 0.25) is 0 Å². The smallest absolute Gasteiger partial charge is 0.303 e. The van der Waals surface area contributed by atoms with Crippen molar-refractivity contribution < 1.29 is 14.6 Å². The predicted molar refractivity (Wildman–Crippen MR) is 106 cm³/mol. The highest BCUT2D eigenvalue weighted by atomic mass is 35.5. The van der Waals surface area contributed by atoms with Gasteiger partial charge in [0.05, 0.1) is 25.3 Å². The zero-order valence-corrected chi connectivity index (χ0v) is 16.5. The number of carboxylic acids is 1. The molecule has 146 valence electrons. The first-order chi connectivity index (χ1) is 13.0. The molecule has 0 spiro atoms. The molecular weight excluding hydrogens is 364 g/mol. The van der Waals surface area contributed by atoms with E-state index >= 15 is 0 Å². The van der Waals surface area contributed by atoms with Crippen molar-refractivity contribution in [2.45, 2.75) is 58.4 Å². The second-order valence-corrected chi connectivity index (χ2v) is 7.80. The van der Waals surface area contributed by atoms with Crippen molar-refractivity contribution in [1.29, 1.82) is 0 Å². The third kappa shape index (κ3) is 5.73. The average Bonchev–Trinajstić information content (AvgIpc) is 3.25. The molecule has 1 aliphatic carbocycles. The van der Waals surface area contributed by atoms with Crippen LogP contribution in [0.15, 0.2) is 24.3 Å². The number of carboxylic acid groups (broad SMARTS) is 1. The van der Waals surface area contributed by atoms with Crippen LogP contribution in [-0.2, 0) is 17.8 Å². The summed E-state index contributed by atoms with van der Waals surface area (Å²) in [6, 6.07) is 7.64. The lowest BCUT2D eigenvalue weighted by atomic mass is 10.1. The summed E-state index contributed by atoms with van der Waals surface area (Å²) >= 11 is 6.20. The van der Waals surface area contributed by atoms with Gasteiger partial charge in [-0.1, -0.05) is 37.3 Å². The summed E-state index contributed by atoms with van der Waals surface area (Å²) in [5.74, 6) is 0.834. The largest absolute Gasteiger partial charge is 0.493 e. The lowest BCUT2D eigenvalue weighted by molar-refractivity contribution is -0.136. The molecule has 0 radical (unpaired) electrons. The van der Waals surface area contributed by atoms with E-state index in [2.05, 4.69) is 5.10 Å². The Balaban J connectivity index is 1.66. The summed E-state index contributed by atoms with van der Waals surface area (Å²) < 4.78 is 7.96. The Labute approximate surface area is 165 Å². The van der Waals surface area contributed by atoms with Gasteiger partial charge in [-0.3, -0.25) is 9.48 Å². The van der Waals surface area contributed by atoms with E-state index < -0.39 is 5.97 Å². The quantitative estimate of drug-likeness (QED) is 0.663.